The summed E-state index contributed by atoms with van der Waals surface area (Å²) in [4.78, 5) is 4.14. The monoisotopic (exact) mass is 226 g/mol. The van der Waals surface area contributed by atoms with Crippen LogP contribution in [0.5, 0.6) is 0 Å². The van der Waals surface area contributed by atoms with Gasteiger partial charge in [0.25, 0.3) is 0 Å². The van der Waals surface area contributed by atoms with Crippen molar-refractivity contribution in [3.05, 3.63) is 22.8 Å². The summed E-state index contributed by atoms with van der Waals surface area (Å²) in [5.41, 5.74) is 0.553. The van der Waals surface area contributed by atoms with Gasteiger partial charge >= 0.3 is 0 Å². The second-order valence-corrected chi connectivity index (χ2v) is 6.08. The summed E-state index contributed by atoms with van der Waals surface area (Å²) in [7, 11) is 0. The van der Waals surface area contributed by atoms with E-state index in [9.17, 15) is 0 Å². The number of hydrogen-bond donors (Lipinski definition) is 0. The first-order chi connectivity index (χ1) is 6.40. The van der Waals surface area contributed by atoms with Crippen LogP contribution in [0.1, 0.15) is 26.3 Å². The SMILES string of the molecule is CC(C)(C)Sc1cc(C#N)cc(Cl)n1. The maximum Gasteiger partial charge on any atom is 0.131 e. The van der Waals surface area contributed by atoms with Gasteiger partial charge in [-0.15, -0.1) is 11.8 Å². The molecule has 4 heteroatoms. The van der Waals surface area contributed by atoms with E-state index in [4.69, 9.17) is 16.9 Å². The van der Waals surface area contributed by atoms with Gasteiger partial charge < -0.3 is 0 Å². The van der Waals surface area contributed by atoms with Crippen molar-refractivity contribution in [2.24, 2.45) is 0 Å². The van der Waals surface area contributed by atoms with Crippen molar-refractivity contribution in [1.29, 1.82) is 5.26 Å². The van der Waals surface area contributed by atoms with Gasteiger partial charge in [-0.25, -0.2) is 4.98 Å². The van der Waals surface area contributed by atoms with Crippen molar-refractivity contribution >= 4 is 23.4 Å². The number of halogens is 1. The lowest BCUT2D eigenvalue weighted by atomic mass is 10.3. The van der Waals surface area contributed by atoms with E-state index in [-0.39, 0.29) is 4.75 Å². The highest BCUT2D eigenvalue weighted by atomic mass is 35.5. The first-order valence-corrected chi connectivity index (χ1v) is 5.37. The van der Waals surface area contributed by atoms with Gasteiger partial charge in [-0.05, 0) is 12.1 Å². The molecule has 0 atom stereocenters. The molecule has 0 amide bonds. The molecule has 14 heavy (non-hydrogen) atoms. The average molecular weight is 227 g/mol. The Hall–Kier alpha value is -0.720. The van der Waals surface area contributed by atoms with Gasteiger partial charge in [0.1, 0.15) is 5.15 Å². The molecule has 2 nitrogen and oxygen atoms in total. The van der Waals surface area contributed by atoms with Gasteiger partial charge in [-0.1, -0.05) is 32.4 Å². The van der Waals surface area contributed by atoms with Crippen molar-refractivity contribution < 1.29 is 0 Å². The summed E-state index contributed by atoms with van der Waals surface area (Å²) in [5, 5.41) is 9.90. The van der Waals surface area contributed by atoms with Crippen LogP contribution < -0.4 is 0 Å². The first-order valence-electron chi connectivity index (χ1n) is 4.17. The van der Waals surface area contributed by atoms with Gasteiger partial charge in [0.05, 0.1) is 16.7 Å². The molecule has 0 radical (unpaired) electrons. The van der Waals surface area contributed by atoms with Crippen molar-refractivity contribution in [3.63, 3.8) is 0 Å². The molecule has 0 aliphatic heterocycles. The number of aromatic nitrogens is 1. The molecule has 0 N–H and O–H groups in total. The Morgan fingerprint density at radius 1 is 1.43 bits per heavy atom. The average Bonchev–Trinajstić information content (AvgIpc) is 1.99. The fourth-order valence-corrected chi connectivity index (χ4v) is 2.12. The zero-order chi connectivity index (χ0) is 10.8. The second-order valence-electron chi connectivity index (χ2n) is 3.84. The lowest BCUT2D eigenvalue weighted by Gasteiger charge is -2.16. The number of thioether (sulfide) groups is 1. The number of nitrogens with zero attached hydrogens (tertiary/aromatic N) is 2. The van der Waals surface area contributed by atoms with Crippen LogP contribution in [0.25, 0.3) is 0 Å². The zero-order valence-electron chi connectivity index (χ0n) is 8.34. The molecule has 0 bridgehead atoms. The Kier molecular flexibility index (Phi) is 3.41. The molecule has 1 heterocycles. The van der Waals surface area contributed by atoms with Crippen molar-refractivity contribution in [2.75, 3.05) is 0 Å². The molecular weight excluding hydrogens is 216 g/mol. The van der Waals surface area contributed by atoms with Gasteiger partial charge in [0.15, 0.2) is 0 Å². The zero-order valence-corrected chi connectivity index (χ0v) is 9.91. The number of hydrogen-bond acceptors (Lipinski definition) is 3. The number of pyridine rings is 1. The third-order valence-corrected chi connectivity index (χ3v) is 2.53. The molecule has 0 aliphatic rings. The van der Waals surface area contributed by atoms with Crippen LogP contribution in [0.3, 0.4) is 0 Å². The summed E-state index contributed by atoms with van der Waals surface area (Å²) in [6.07, 6.45) is 0. The van der Waals surface area contributed by atoms with Gasteiger partial charge in [-0.2, -0.15) is 5.26 Å². The highest BCUT2D eigenvalue weighted by molar-refractivity contribution is 8.00. The van der Waals surface area contributed by atoms with Crippen LogP contribution in [0.15, 0.2) is 17.2 Å². The molecule has 0 aromatic carbocycles. The molecule has 74 valence electrons. The predicted molar refractivity (Wildman–Crippen MR) is 59.6 cm³/mol. The molecule has 0 aliphatic carbocycles. The van der Waals surface area contributed by atoms with Crippen LogP contribution in [0.2, 0.25) is 5.15 Å². The predicted octanol–water partition coefficient (Wildman–Crippen LogP) is 3.50. The van der Waals surface area contributed by atoms with Crippen LogP contribution in [0.4, 0.5) is 0 Å². The van der Waals surface area contributed by atoms with E-state index in [0.29, 0.717) is 10.7 Å². The van der Waals surface area contributed by atoms with Crippen molar-refractivity contribution in [3.8, 4) is 6.07 Å². The largest absolute Gasteiger partial charge is 0.230 e. The molecule has 0 unspecified atom stereocenters. The van der Waals surface area contributed by atoms with Crippen molar-refractivity contribution in [2.45, 2.75) is 30.5 Å². The van der Waals surface area contributed by atoms with E-state index < -0.39 is 0 Å². The van der Waals surface area contributed by atoms with E-state index in [1.807, 2.05) is 0 Å². The van der Waals surface area contributed by atoms with Crippen LogP contribution in [-0.2, 0) is 0 Å². The Labute approximate surface area is 93.3 Å². The smallest absolute Gasteiger partial charge is 0.131 e. The topological polar surface area (TPSA) is 36.7 Å². The van der Waals surface area contributed by atoms with E-state index in [2.05, 4.69) is 31.8 Å². The van der Waals surface area contributed by atoms with Crippen LogP contribution >= 0.6 is 23.4 Å². The van der Waals surface area contributed by atoms with Gasteiger partial charge in [0, 0.05) is 4.75 Å². The van der Waals surface area contributed by atoms with Crippen LogP contribution in [0, 0.1) is 11.3 Å². The van der Waals surface area contributed by atoms with E-state index >= 15 is 0 Å². The third kappa shape index (κ3) is 3.57. The minimum atomic E-state index is 0.0738. The van der Waals surface area contributed by atoms with Gasteiger partial charge in [-0.3, -0.25) is 0 Å². The molecule has 0 saturated heterocycles. The van der Waals surface area contributed by atoms with E-state index in [1.165, 1.54) is 0 Å². The molecule has 1 rings (SSSR count). The Morgan fingerprint density at radius 2 is 2.07 bits per heavy atom. The fraction of sp³-hybridized carbons (Fsp3) is 0.400. The van der Waals surface area contributed by atoms with Crippen LogP contribution in [-0.4, -0.2) is 9.73 Å². The summed E-state index contributed by atoms with van der Waals surface area (Å²) < 4.78 is 0.0738. The third-order valence-electron chi connectivity index (χ3n) is 1.31. The van der Waals surface area contributed by atoms with E-state index in [0.717, 1.165) is 5.03 Å². The summed E-state index contributed by atoms with van der Waals surface area (Å²) >= 11 is 7.38. The lowest BCUT2D eigenvalue weighted by Crippen LogP contribution is -2.07. The summed E-state index contributed by atoms with van der Waals surface area (Å²) in [6.45, 7) is 6.27. The number of rotatable bonds is 1. The quantitative estimate of drug-likeness (QED) is 0.543. The van der Waals surface area contributed by atoms with Gasteiger partial charge in [0.2, 0.25) is 0 Å². The summed E-state index contributed by atoms with van der Waals surface area (Å²) in [6, 6.07) is 5.37. The normalized spacial score (nSPS) is 11.1. The molecule has 1 aromatic heterocycles. The Balaban J connectivity index is 3.00. The second kappa shape index (κ2) is 4.20. The minimum absolute atomic E-state index is 0.0738. The maximum atomic E-state index is 8.74. The highest BCUT2D eigenvalue weighted by Crippen LogP contribution is 2.31. The Bertz CT molecular complexity index is 377. The highest BCUT2D eigenvalue weighted by Gasteiger charge is 2.13. The standard InChI is InChI=1S/C10H11ClN2S/c1-10(2,3)14-9-5-7(6-12)4-8(11)13-9/h4-5H,1-3H3. The molecule has 0 fully saturated rings. The Morgan fingerprint density at radius 3 is 2.57 bits per heavy atom. The lowest BCUT2D eigenvalue weighted by molar-refractivity contribution is 0.799. The molecular formula is C10H11ClN2S. The fourth-order valence-electron chi connectivity index (χ4n) is 0.903. The van der Waals surface area contributed by atoms with Crippen molar-refractivity contribution in [1.82, 2.24) is 4.98 Å². The molecule has 0 spiro atoms. The summed E-state index contributed by atoms with van der Waals surface area (Å²) in [5.74, 6) is 0. The molecule has 0 saturated carbocycles. The van der Waals surface area contributed by atoms with E-state index in [1.54, 1.807) is 23.9 Å². The maximum absolute atomic E-state index is 8.74. The minimum Gasteiger partial charge on any atom is -0.230 e. The first kappa shape index (κ1) is 11.4. The molecule has 1 aromatic rings. The number of nitriles is 1.